The number of esters is 1. The predicted molar refractivity (Wildman–Crippen MR) is 41.0 cm³/mol. The Morgan fingerprint density at radius 2 is 2.25 bits per heavy atom. The standard InChI is InChI=1S/C7H13NO4/c1-2-3-7(10)11-4-5-12-8-6-9/h6H,2-5H2,1H3,(H,8,9). The largest absolute Gasteiger partial charge is 0.463 e. The molecule has 0 aromatic rings. The fourth-order valence-electron chi connectivity index (χ4n) is 0.566. The summed E-state index contributed by atoms with van der Waals surface area (Å²) in [6.45, 7) is 2.24. The summed E-state index contributed by atoms with van der Waals surface area (Å²) in [6, 6.07) is 0. The Morgan fingerprint density at radius 1 is 1.50 bits per heavy atom. The number of nitrogens with one attached hydrogen (secondary N) is 1. The van der Waals surface area contributed by atoms with Crippen molar-refractivity contribution in [2.45, 2.75) is 19.8 Å². The first-order valence-corrected chi connectivity index (χ1v) is 3.77. The number of hydrogen-bond donors (Lipinski definition) is 1. The van der Waals surface area contributed by atoms with Crippen LogP contribution in [0.2, 0.25) is 0 Å². The molecule has 0 aromatic heterocycles. The molecule has 0 rings (SSSR count). The molecule has 0 atom stereocenters. The van der Waals surface area contributed by atoms with Crippen LogP contribution in [0.5, 0.6) is 0 Å². The van der Waals surface area contributed by atoms with Crippen LogP contribution in [0, 0.1) is 0 Å². The number of hydrogen-bond acceptors (Lipinski definition) is 4. The van der Waals surface area contributed by atoms with Gasteiger partial charge in [0.2, 0.25) is 6.41 Å². The van der Waals surface area contributed by atoms with E-state index in [1.165, 1.54) is 0 Å². The Kier molecular flexibility index (Phi) is 7.27. The van der Waals surface area contributed by atoms with E-state index in [2.05, 4.69) is 4.84 Å². The lowest BCUT2D eigenvalue weighted by Gasteiger charge is -2.02. The van der Waals surface area contributed by atoms with Crippen LogP contribution in [-0.4, -0.2) is 25.6 Å². The van der Waals surface area contributed by atoms with Gasteiger partial charge in [0, 0.05) is 6.42 Å². The van der Waals surface area contributed by atoms with Crippen molar-refractivity contribution in [2.75, 3.05) is 13.2 Å². The highest BCUT2D eigenvalue weighted by atomic mass is 16.7. The van der Waals surface area contributed by atoms with Gasteiger partial charge in [-0.05, 0) is 6.42 Å². The first-order valence-electron chi connectivity index (χ1n) is 3.77. The van der Waals surface area contributed by atoms with Crippen molar-refractivity contribution in [3.8, 4) is 0 Å². The van der Waals surface area contributed by atoms with Gasteiger partial charge in [-0.3, -0.25) is 14.4 Å². The van der Waals surface area contributed by atoms with Crippen LogP contribution in [0.1, 0.15) is 19.8 Å². The van der Waals surface area contributed by atoms with E-state index in [-0.39, 0.29) is 19.2 Å². The Labute approximate surface area is 71.0 Å². The Balaban J connectivity index is 3.08. The number of carbonyl (C=O) groups excluding carboxylic acids is 2. The molecule has 0 aromatic carbocycles. The van der Waals surface area contributed by atoms with E-state index in [0.29, 0.717) is 12.8 Å². The van der Waals surface area contributed by atoms with Crippen LogP contribution in [0.3, 0.4) is 0 Å². The summed E-state index contributed by atoms with van der Waals surface area (Å²) < 4.78 is 4.71. The van der Waals surface area contributed by atoms with Gasteiger partial charge < -0.3 is 4.74 Å². The quantitative estimate of drug-likeness (QED) is 0.256. The van der Waals surface area contributed by atoms with Crippen molar-refractivity contribution in [3.63, 3.8) is 0 Å². The average molecular weight is 175 g/mol. The molecule has 0 aliphatic heterocycles. The molecule has 0 fully saturated rings. The van der Waals surface area contributed by atoms with Crippen molar-refractivity contribution in [3.05, 3.63) is 0 Å². The zero-order valence-corrected chi connectivity index (χ0v) is 7.04. The first-order chi connectivity index (χ1) is 5.81. The molecule has 0 radical (unpaired) electrons. The molecule has 0 spiro atoms. The van der Waals surface area contributed by atoms with Crippen LogP contribution >= 0.6 is 0 Å². The van der Waals surface area contributed by atoms with E-state index in [1.54, 1.807) is 0 Å². The monoisotopic (exact) mass is 175 g/mol. The van der Waals surface area contributed by atoms with Gasteiger partial charge in [0.05, 0.1) is 0 Å². The van der Waals surface area contributed by atoms with Gasteiger partial charge in [0.25, 0.3) is 0 Å². The molecule has 5 heteroatoms. The van der Waals surface area contributed by atoms with E-state index < -0.39 is 0 Å². The van der Waals surface area contributed by atoms with E-state index in [0.717, 1.165) is 6.42 Å². The molecule has 0 heterocycles. The normalized spacial score (nSPS) is 9.08. The van der Waals surface area contributed by atoms with Gasteiger partial charge in [0.15, 0.2) is 0 Å². The number of carbonyl (C=O) groups is 2. The van der Waals surface area contributed by atoms with Gasteiger partial charge in [-0.1, -0.05) is 6.92 Å². The van der Waals surface area contributed by atoms with E-state index in [1.807, 2.05) is 12.4 Å². The third kappa shape index (κ3) is 7.01. The summed E-state index contributed by atoms with van der Waals surface area (Å²) in [6.07, 6.45) is 1.60. The molecule has 0 aliphatic rings. The molecular formula is C7H13NO4. The van der Waals surface area contributed by atoms with Crippen LogP contribution < -0.4 is 5.48 Å². The molecule has 12 heavy (non-hydrogen) atoms. The Morgan fingerprint density at radius 3 is 2.83 bits per heavy atom. The van der Waals surface area contributed by atoms with Crippen molar-refractivity contribution in [2.24, 2.45) is 0 Å². The van der Waals surface area contributed by atoms with Crippen LogP contribution in [0.15, 0.2) is 0 Å². The molecule has 0 saturated carbocycles. The second-order valence-electron chi connectivity index (χ2n) is 2.05. The van der Waals surface area contributed by atoms with Crippen LogP contribution in [-0.2, 0) is 19.2 Å². The van der Waals surface area contributed by atoms with Crippen molar-refractivity contribution < 1.29 is 19.2 Å². The van der Waals surface area contributed by atoms with Gasteiger partial charge in [-0.25, -0.2) is 5.48 Å². The molecule has 0 unspecified atom stereocenters. The summed E-state index contributed by atoms with van der Waals surface area (Å²) in [5, 5.41) is 0. The molecule has 5 nitrogen and oxygen atoms in total. The van der Waals surface area contributed by atoms with Crippen molar-refractivity contribution in [1.29, 1.82) is 0 Å². The lowest BCUT2D eigenvalue weighted by atomic mass is 10.3. The fraction of sp³-hybridized carbons (Fsp3) is 0.714. The number of hydroxylamine groups is 1. The maximum absolute atomic E-state index is 10.7. The second-order valence-corrected chi connectivity index (χ2v) is 2.05. The highest BCUT2D eigenvalue weighted by molar-refractivity contribution is 5.69. The molecule has 1 N–H and O–H groups in total. The summed E-state index contributed by atoms with van der Waals surface area (Å²) in [5.41, 5.74) is 1.98. The topological polar surface area (TPSA) is 64.6 Å². The third-order valence-electron chi connectivity index (χ3n) is 1.03. The van der Waals surface area contributed by atoms with Gasteiger partial charge in [-0.15, -0.1) is 0 Å². The van der Waals surface area contributed by atoms with Crippen LogP contribution in [0.4, 0.5) is 0 Å². The highest BCUT2D eigenvalue weighted by Crippen LogP contribution is 1.90. The Bertz CT molecular complexity index is 137. The fourth-order valence-corrected chi connectivity index (χ4v) is 0.566. The molecule has 0 saturated heterocycles. The van der Waals surface area contributed by atoms with E-state index in [9.17, 15) is 9.59 Å². The summed E-state index contributed by atoms with van der Waals surface area (Å²) in [5.74, 6) is -0.243. The smallest absolute Gasteiger partial charge is 0.305 e. The van der Waals surface area contributed by atoms with Crippen molar-refractivity contribution >= 4 is 12.4 Å². The first kappa shape index (κ1) is 10.9. The molecule has 0 aliphatic carbocycles. The molecule has 1 amide bonds. The molecule has 0 bridgehead atoms. The lowest BCUT2D eigenvalue weighted by Crippen LogP contribution is -2.17. The van der Waals surface area contributed by atoms with Gasteiger partial charge in [-0.2, -0.15) is 0 Å². The zero-order chi connectivity index (χ0) is 9.23. The molecule has 70 valence electrons. The summed E-state index contributed by atoms with van der Waals surface area (Å²) in [7, 11) is 0. The van der Waals surface area contributed by atoms with Gasteiger partial charge in [0.1, 0.15) is 13.2 Å². The maximum Gasteiger partial charge on any atom is 0.305 e. The third-order valence-corrected chi connectivity index (χ3v) is 1.03. The average Bonchev–Trinajstić information content (AvgIpc) is 2.05. The SMILES string of the molecule is CCCC(=O)OCCONC=O. The second kappa shape index (κ2) is 8.00. The van der Waals surface area contributed by atoms with E-state index >= 15 is 0 Å². The maximum atomic E-state index is 10.7. The number of amides is 1. The molecular weight excluding hydrogens is 162 g/mol. The van der Waals surface area contributed by atoms with Gasteiger partial charge >= 0.3 is 5.97 Å². The highest BCUT2D eigenvalue weighted by Gasteiger charge is 1.98. The summed E-state index contributed by atoms with van der Waals surface area (Å²) in [4.78, 5) is 24.9. The van der Waals surface area contributed by atoms with Crippen LogP contribution in [0.25, 0.3) is 0 Å². The minimum absolute atomic E-state index is 0.166. The van der Waals surface area contributed by atoms with Crippen molar-refractivity contribution in [1.82, 2.24) is 5.48 Å². The Hall–Kier alpha value is -1.10. The number of ether oxygens (including phenoxy) is 1. The van der Waals surface area contributed by atoms with E-state index in [4.69, 9.17) is 4.74 Å². The zero-order valence-electron chi connectivity index (χ0n) is 7.04. The number of rotatable bonds is 7. The summed E-state index contributed by atoms with van der Waals surface area (Å²) >= 11 is 0. The lowest BCUT2D eigenvalue weighted by molar-refractivity contribution is -0.146. The minimum Gasteiger partial charge on any atom is -0.463 e. The minimum atomic E-state index is -0.243. The predicted octanol–water partition coefficient (Wildman–Crippen LogP) is 0.00730.